The van der Waals surface area contributed by atoms with Gasteiger partial charge in [-0.3, -0.25) is 0 Å². The third-order valence-electron chi connectivity index (χ3n) is 3.69. The van der Waals surface area contributed by atoms with E-state index in [0.29, 0.717) is 5.56 Å². The number of fused-ring (bicyclic) bond motifs is 1. The summed E-state index contributed by atoms with van der Waals surface area (Å²) >= 11 is 0. The van der Waals surface area contributed by atoms with E-state index in [1.165, 1.54) is 13.0 Å². The molecule has 10 nitrogen and oxygen atoms in total. The Morgan fingerprint density at radius 3 is 2.21 bits per heavy atom. The lowest BCUT2D eigenvalue weighted by atomic mass is 10.1. The lowest BCUT2D eigenvalue weighted by molar-refractivity contribution is -0.405. The van der Waals surface area contributed by atoms with Crippen LogP contribution in [0, 0.1) is 44.6 Å². The van der Waals surface area contributed by atoms with Gasteiger partial charge in [-0.05, 0) is 51.1 Å². The van der Waals surface area contributed by atoms with Crippen molar-refractivity contribution in [3.8, 4) is 0 Å². The zero-order chi connectivity index (χ0) is 20.6. The molecular weight excluding hydrogens is 385 g/mol. The van der Waals surface area contributed by atoms with E-state index in [9.17, 15) is 33.4 Å². The van der Waals surface area contributed by atoms with Gasteiger partial charge >= 0.3 is 11.8 Å². The number of rotatable bonds is 5. The van der Waals surface area contributed by atoms with Gasteiger partial charge in [0, 0.05) is 11.5 Å². The molecular formula is C15H9F3N6O4. The first kappa shape index (κ1) is 18.9. The summed E-state index contributed by atoms with van der Waals surface area (Å²) in [5, 5.41) is 24.7. The smallest absolute Gasteiger partial charge is 0.389 e. The molecule has 0 saturated carbocycles. The minimum atomic E-state index is -1.60. The van der Waals surface area contributed by atoms with Crippen molar-refractivity contribution in [3.63, 3.8) is 0 Å². The molecule has 2 aromatic heterocycles. The Kier molecular flexibility index (Phi) is 4.73. The summed E-state index contributed by atoms with van der Waals surface area (Å²) in [7, 11) is 0. The SMILES string of the molecule is Cc1cc(NCc2cc(F)c(F)c(F)c2)nc2nc([N+](=O)[O-])nc([N+](=O)[O-])c12. The van der Waals surface area contributed by atoms with Gasteiger partial charge in [0.15, 0.2) is 17.5 Å². The molecule has 0 amide bonds. The Hall–Kier alpha value is -3.90. The average molecular weight is 394 g/mol. The second-order valence-corrected chi connectivity index (χ2v) is 5.61. The fourth-order valence-corrected chi connectivity index (χ4v) is 2.49. The third kappa shape index (κ3) is 3.49. The van der Waals surface area contributed by atoms with Crippen LogP contribution < -0.4 is 5.32 Å². The molecule has 0 atom stereocenters. The highest BCUT2D eigenvalue weighted by Crippen LogP contribution is 2.28. The highest BCUT2D eigenvalue weighted by Gasteiger charge is 2.27. The highest BCUT2D eigenvalue weighted by molar-refractivity contribution is 5.88. The molecule has 1 aromatic carbocycles. The van der Waals surface area contributed by atoms with Crippen molar-refractivity contribution in [3.05, 3.63) is 67.0 Å². The first-order chi connectivity index (χ1) is 13.2. The van der Waals surface area contributed by atoms with Crippen LogP contribution >= 0.6 is 0 Å². The summed E-state index contributed by atoms with van der Waals surface area (Å²) in [6.45, 7) is 1.32. The number of aromatic nitrogens is 3. The fraction of sp³-hybridized carbons (Fsp3) is 0.133. The summed E-state index contributed by atoms with van der Waals surface area (Å²) in [5.41, 5.74) is 0.0635. The number of benzene rings is 1. The number of nitrogens with one attached hydrogen (secondary N) is 1. The van der Waals surface area contributed by atoms with Gasteiger partial charge in [0.2, 0.25) is 0 Å². The average Bonchev–Trinajstić information content (AvgIpc) is 2.63. The second-order valence-electron chi connectivity index (χ2n) is 5.61. The Morgan fingerprint density at radius 1 is 1.00 bits per heavy atom. The molecule has 0 spiro atoms. The molecule has 3 aromatic rings. The molecule has 144 valence electrons. The zero-order valence-electron chi connectivity index (χ0n) is 13.9. The molecule has 0 bridgehead atoms. The molecule has 1 N–H and O–H groups in total. The maximum absolute atomic E-state index is 13.3. The lowest BCUT2D eigenvalue weighted by Gasteiger charge is -2.08. The van der Waals surface area contributed by atoms with E-state index in [0.717, 1.165) is 12.1 Å². The van der Waals surface area contributed by atoms with Gasteiger partial charge in [0.1, 0.15) is 11.2 Å². The fourth-order valence-electron chi connectivity index (χ4n) is 2.49. The first-order valence-corrected chi connectivity index (χ1v) is 7.53. The summed E-state index contributed by atoms with van der Waals surface area (Å²) in [4.78, 5) is 31.1. The Balaban J connectivity index is 2.01. The van der Waals surface area contributed by atoms with Crippen molar-refractivity contribution in [1.82, 2.24) is 15.0 Å². The number of nitrogens with zero attached hydrogens (tertiary/aromatic N) is 5. The number of pyridine rings is 1. The molecule has 0 saturated heterocycles. The number of halogens is 3. The number of anilines is 1. The molecule has 0 aliphatic rings. The van der Waals surface area contributed by atoms with Crippen molar-refractivity contribution in [1.29, 1.82) is 0 Å². The molecule has 13 heteroatoms. The number of hydrogen-bond acceptors (Lipinski definition) is 8. The van der Waals surface area contributed by atoms with Gasteiger partial charge in [-0.1, -0.05) is 0 Å². The van der Waals surface area contributed by atoms with E-state index < -0.39 is 39.1 Å². The summed E-state index contributed by atoms with van der Waals surface area (Å²) in [6.07, 6.45) is 0. The minimum Gasteiger partial charge on any atom is -0.389 e. The summed E-state index contributed by atoms with van der Waals surface area (Å²) in [5.74, 6) is -6.00. The van der Waals surface area contributed by atoms with Crippen LogP contribution in [0.15, 0.2) is 18.2 Å². The minimum absolute atomic E-state index is 0.0654. The van der Waals surface area contributed by atoms with Gasteiger partial charge in [-0.2, -0.15) is 4.98 Å². The standard InChI is InChI=1S/C15H9F3N6O4/c1-6-2-10(19-5-7-3-8(16)12(18)9(17)4-7)20-13-11(6)14(23(25)26)22-15(21-13)24(27)28/h2-4H,5H2,1H3,(H,19,20,21,22). The highest BCUT2D eigenvalue weighted by atomic mass is 19.2. The Bertz CT molecular complexity index is 1120. The number of nitro groups is 2. The van der Waals surface area contributed by atoms with Crippen molar-refractivity contribution in [2.45, 2.75) is 13.5 Å². The maximum atomic E-state index is 13.3. The van der Waals surface area contributed by atoms with Crippen LogP contribution in [0.1, 0.15) is 11.1 Å². The predicted molar refractivity (Wildman–Crippen MR) is 89.0 cm³/mol. The molecule has 0 radical (unpaired) electrons. The molecule has 0 unspecified atom stereocenters. The topological polar surface area (TPSA) is 137 Å². The molecule has 0 aliphatic carbocycles. The third-order valence-corrected chi connectivity index (χ3v) is 3.69. The largest absolute Gasteiger partial charge is 0.511 e. The predicted octanol–water partition coefficient (Wildman–Crippen LogP) is 3.18. The Morgan fingerprint density at radius 2 is 1.64 bits per heavy atom. The van der Waals surface area contributed by atoms with Crippen LogP contribution in [0.5, 0.6) is 0 Å². The van der Waals surface area contributed by atoms with Gasteiger partial charge in [-0.15, -0.1) is 0 Å². The first-order valence-electron chi connectivity index (χ1n) is 7.53. The van der Waals surface area contributed by atoms with Crippen LogP contribution in [-0.4, -0.2) is 24.8 Å². The van der Waals surface area contributed by atoms with E-state index >= 15 is 0 Å². The Labute approximate surface area is 153 Å². The van der Waals surface area contributed by atoms with Gasteiger partial charge < -0.3 is 25.5 Å². The maximum Gasteiger partial charge on any atom is 0.511 e. The zero-order valence-corrected chi connectivity index (χ0v) is 13.9. The number of hydrogen-bond donors (Lipinski definition) is 1. The molecule has 3 rings (SSSR count). The van der Waals surface area contributed by atoms with Crippen molar-refractivity contribution in [2.75, 3.05) is 5.32 Å². The monoisotopic (exact) mass is 394 g/mol. The van der Waals surface area contributed by atoms with E-state index in [1.807, 2.05) is 0 Å². The normalized spacial score (nSPS) is 10.9. The van der Waals surface area contributed by atoms with Crippen LogP contribution in [-0.2, 0) is 6.54 Å². The molecule has 0 fully saturated rings. The lowest BCUT2D eigenvalue weighted by Crippen LogP contribution is -2.07. The van der Waals surface area contributed by atoms with Crippen molar-refractivity contribution in [2.24, 2.45) is 0 Å². The van der Waals surface area contributed by atoms with Gasteiger partial charge in [0.05, 0.1) is 0 Å². The van der Waals surface area contributed by atoms with E-state index in [1.54, 1.807) is 0 Å². The molecule has 2 heterocycles. The van der Waals surface area contributed by atoms with E-state index in [2.05, 4.69) is 20.3 Å². The van der Waals surface area contributed by atoms with Crippen LogP contribution in [0.3, 0.4) is 0 Å². The van der Waals surface area contributed by atoms with Crippen molar-refractivity contribution >= 4 is 28.6 Å². The number of aryl methyl sites for hydroxylation is 1. The van der Waals surface area contributed by atoms with Crippen LogP contribution in [0.25, 0.3) is 11.0 Å². The molecule has 28 heavy (non-hydrogen) atoms. The second kappa shape index (κ2) is 7.02. The van der Waals surface area contributed by atoms with E-state index in [4.69, 9.17) is 0 Å². The van der Waals surface area contributed by atoms with Crippen LogP contribution in [0.4, 0.5) is 30.8 Å². The van der Waals surface area contributed by atoms with Crippen molar-refractivity contribution < 1.29 is 23.0 Å². The quantitative estimate of drug-likeness (QED) is 0.396. The van der Waals surface area contributed by atoms with Gasteiger partial charge in [0.25, 0.3) is 5.65 Å². The van der Waals surface area contributed by atoms with Crippen LogP contribution in [0.2, 0.25) is 0 Å². The van der Waals surface area contributed by atoms with E-state index in [-0.39, 0.29) is 29.0 Å². The summed E-state index contributed by atoms with van der Waals surface area (Å²) < 4.78 is 39.6. The molecule has 0 aliphatic heterocycles. The van der Waals surface area contributed by atoms with Gasteiger partial charge in [-0.25, -0.2) is 13.2 Å². The summed E-state index contributed by atoms with van der Waals surface area (Å²) in [6, 6.07) is 2.95.